The number of carbonyl (C=O) groups is 3. The Morgan fingerprint density at radius 2 is 1.83 bits per heavy atom. The van der Waals surface area contributed by atoms with Gasteiger partial charge in [-0.25, -0.2) is 0 Å². The van der Waals surface area contributed by atoms with E-state index in [1.54, 1.807) is 19.1 Å². The van der Waals surface area contributed by atoms with Crippen LogP contribution in [0.5, 0.6) is 0 Å². The van der Waals surface area contributed by atoms with Crippen LogP contribution in [-0.4, -0.2) is 68.7 Å². The summed E-state index contributed by atoms with van der Waals surface area (Å²) in [5, 5.41) is 5.58. The summed E-state index contributed by atoms with van der Waals surface area (Å²) in [6.45, 7) is 8.76. The summed E-state index contributed by atoms with van der Waals surface area (Å²) in [5.41, 5.74) is 1.53. The average molecular weight is 418 g/mol. The van der Waals surface area contributed by atoms with Crippen molar-refractivity contribution >= 4 is 23.3 Å². The molecule has 0 unspecified atom stereocenters. The Bertz CT molecular complexity index is 759. The normalized spacial score (nSPS) is 22.8. The first-order valence-corrected chi connectivity index (χ1v) is 10.5. The van der Waals surface area contributed by atoms with Crippen LogP contribution in [0.4, 0.5) is 5.69 Å². The van der Waals surface area contributed by atoms with Gasteiger partial charge < -0.3 is 25.0 Å². The first-order valence-electron chi connectivity index (χ1n) is 10.5. The molecule has 2 aliphatic heterocycles. The lowest BCUT2D eigenvalue weighted by Crippen LogP contribution is -2.53. The second kappa shape index (κ2) is 10.0. The fourth-order valence-electron chi connectivity index (χ4n) is 3.70. The Hall–Kier alpha value is -2.45. The lowest BCUT2D eigenvalue weighted by Gasteiger charge is -2.29. The number of hydrogen-bond acceptors (Lipinski definition) is 6. The standard InChI is InChI=1S/C22H31N3O5/c1-14(2)12-18(22(28)24-20-15(3)30-13-19(20)26)23-21(27)16-4-6-17(7-5-16)25-8-10-29-11-9-25/h4-7,14-15,18,20H,8-13H2,1-3H3,(H,23,27)(H,24,28)/t15-,18+,20-/m1/s1. The van der Waals surface area contributed by atoms with Crippen LogP contribution in [0.25, 0.3) is 0 Å². The van der Waals surface area contributed by atoms with Gasteiger partial charge in [-0.1, -0.05) is 13.8 Å². The van der Waals surface area contributed by atoms with Crippen molar-refractivity contribution in [3.63, 3.8) is 0 Å². The lowest BCUT2D eigenvalue weighted by molar-refractivity contribution is -0.127. The van der Waals surface area contributed by atoms with E-state index in [1.165, 1.54) is 0 Å². The summed E-state index contributed by atoms with van der Waals surface area (Å²) in [6, 6.07) is 5.96. The predicted molar refractivity (Wildman–Crippen MR) is 113 cm³/mol. The second-order valence-corrected chi connectivity index (χ2v) is 8.27. The fraction of sp³-hybridized carbons (Fsp3) is 0.591. The molecule has 2 aliphatic rings. The topological polar surface area (TPSA) is 97.0 Å². The van der Waals surface area contributed by atoms with Crippen molar-refractivity contribution in [3.8, 4) is 0 Å². The summed E-state index contributed by atoms with van der Waals surface area (Å²) >= 11 is 0. The van der Waals surface area contributed by atoms with E-state index in [4.69, 9.17) is 9.47 Å². The summed E-state index contributed by atoms with van der Waals surface area (Å²) in [5.74, 6) is -0.633. The van der Waals surface area contributed by atoms with Gasteiger partial charge in [0.1, 0.15) is 18.7 Å². The molecule has 0 saturated carbocycles. The Morgan fingerprint density at radius 1 is 1.17 bits per heavy atom. The lowest BCUT2D eigenvalue weighted by atomic mass is 10.0. The molecule has 1 aromatic carbocycles. The Kier molecular flexibility index (Phi) is 7.44. The van der Waals surface area contributed by atoms with Crippen molar-refractivity contribution < 1.29 is 23.9 Å². The van der Waals surface area contributed by atoms with Crippen LogP contribution >= 0.6 is 0 Å². The van der Waals surface area contributed by atoms with Crippen LogP contribution in [0.1, 0.15) is 37.6 Å². The van der Waals surface area contributed by atoms with E-state index in [0.717, 1.165) is 18.8 Å². The minimum absolute atomic E-state index is 0.00279. The molecule has 0 aliphatic carbocycles. The van der Waals surface area contributed by atoms with E-state index in [1.807, 2.05) is 26.0 Å². The van der Waals surface area contributed by atoms with Gasteiger partial charge in [-0.15, -0.1) is 0 Å². The van der Waals surface area contributed by atoms with Crippen LogP contribution in [0.3, 0.4) is 0 Å². The summed E-state index contributed by atoms with van der Waals surface area (Å²) in [7, 11) is 0. The van der Waals surface area contributed by atoms with Crippen LogP contribution < -0.4 is 15.5 Å². The number of nitrogens with one attached hydrogen (secondary N) is 2. The Labute approximate surface area is 177 Å². The van der Waals surface area contributed by atoms with E-state index in [9.17, 15) is 14.4 Å². The van der Waals surface area contributed by atoms with E-state index in [2.05, 4.69) is 15.5 Å². The van der Waals surface area contributed by atoms with Gasteiger partial charge in [-0.05, 0) is 43.5 Å². The zero-order valence-corrected chi connectivity index (χ0v) is 17.8. The number of nitrogens with zero attached hydrogens (tertiary/aromatic N) is 1. The van der Waals surface area contributed by atoms with Gasteiger partial charge in [0.25, 0.3) is 5.91 Å². The molecule has 2 saturated heterocycles. The largest absolute Gasteiger partial charge is 0.378 e. The highest BCUT2D eigenvalue weighted by molar-refractivity contribution is 5.99. The summed E-state index contributed by atoms with van der Waals surface area (Å²) < 4.78 is 10.7. The molecule has 2 N–H and O–H groups in total. The Morgan fingerprint density at radius 3 is 2.40 bits per heavy atom. The maximum atomic E-state index is 12.8. The number of carbonyl (C=O) groups excluding carboxylic acids is 3. The average Bonchev–Trinajstić information content (AvgIpc) is 3.05. The quantitative estimate of drug-likeness (QED) is 0.691. The van der Waals surface area contributed by atoms with Crippen LogP contribution in [0.2, 0.25) is 0 Å². The van der Waals surface area contributed by atoms with Gasteiger partial charge in [0.05, 0.1) is 19.3 Å². The smallest absolute Gasteiger partial charge is 0.251 e. The first-order chi connectivity index (χ1) is 14.3. The highest BCUT2D eigenvalue weighted by Crippen LogP contribution is 2.17. The third-order valence-electron chi connectivity index (χ3n) is 5.44. The molecule has 2 fully saturated rings. The van der Waals surface area contributed by atoms with Crippen molar-refractivity contribution in [2.24, 2.45) is 5.92 Å². The number of Topliss-reactive ketones (excluding diaryl/α,β-unsaturated/α-hetero) is 1. The van der Waals surface area contributed by atoms with Crippen LogP contribution in [0, 0.1) is 5.92 Å². The molecule has 1 aromatic rings. The van der Waals surface area contributed by atoms with Gasteiger partial charge in [-0.2, -0.15) is 0 Å². The molecule has 2 amide bonds. The van der Waals surface area contributed by atoms with Crippen molar-refractivity contribution in [2.45, 2.75) is 45.4 Å². The fourth-order valence-corrected chi connectivity index (χ4v) is 3.70. The highest BCUT2D eigenvalue weighted by atomic mass is 16.5. The van der Waals surface area contributed by atoms with Gasteiger partial charge >= 0.3 is 0 Å². The zero-order chi connectivity index (χ0) is 21.7. The molecule has 0 spiro atoms. The number of ketones is 1. The maximum Gasteiger partial charge on any atom is 0.251 e. The number of hydrogen-bond donors (Lipinski definition) is 2. The maximum absolute atomic E-state index is 12.8. The monoisotopic (exact) mass is 417 g/mol. The third kappa shape index (κ3) is 5.58. The van der Waals surface area contributed by atoms with Crippen molar-refractivity contribution in [1.29, 1.82) is 0 Å². The number of amides is 2. The van der Waals surface area contributed by atoms with E-state index < -0.39 is 12.1 Å². The van der Waals surface area contributed by atoms with Crippen LogP contribution in [0.15, 0.2) is 24.3 Å². The van der Waals surface area contributed by atoms with E-state index >= 15 is 0 Å². The zero-order valence-electron chi connectivity index (χ0n) is 17.8. The SMILES string of the molecule is CC(C)C[C@H](NC(=O)c1ccc(N2CCOCC2)cc1)C(=O)N[C@H]1C(=O)CO[C@@H]1C. The van der Waals surface area contributed by atoms with E-state index in [-0.39, 0.29) is 36.2 Å². The number of rotatable bonds is 7. The minimum atomic E-state index is -0.725. The van der Waals surface area contributed by atoms with Crippen LogP contribution in [-0.2, 0) is 19.1 Å². The molecule has 2 heterocycles. The molecular weight excluding hydrogens is 386 g/mol. The number of anilines is 1. The molecule has 0 aromatic heterocycles. The molecule has 8 nitrogen and oxygen atoms in total. The highest BCUT2D eigenvalue weighted by Gasteiger charge is 2.35. The third-order valence-corrected chi connectivity index (χ3v) is 5.44. The second-order valence-electron chi connectivity index (χ2n) is 8.27. The van der Waals surface area contributed by atoms with Crippen molar-refractivity contribution in [1.82, 2.24) is 10.6 Å². The summed E-state index contributed by atoms with van der Waals surface area (Å²) in [6.07, 6.45) is 0.101. The van der Waals surface area contributed by atoms with E-state index in [0.29, 0.717) is 25.2 Å². The minimum Gasteiger partial charge on any atom is -0.378 e. The molecule has 164 valence electrons. The van der Waals surface area contributed by atoms with Gasteiger partial charge in [-0.3, -0.25) is 14.4 Å². The molecule has 30 heavy (non-hydrogen) atoms. The van der Waals surface area contributed by atoms with Crippen molar-refractivity contribution in [3.05, 3.63) is 29.8 Å². The molecule has 3 rings (SSSR count). The predicted octanol–water partition coefficient (Wildman–Crippen LogP) is 1.14. The van der Waals surface area contributed by atoms with Gasteiger partial charge in [0, 0.05) is 24.3 Å². The number of ether oxygens (including phenoxy) is 2. The molecule has 3 atom stereocenters. The first kappa shape index (κ1) is 22.2. The number of benzene rings is 1. The molecule has 0 bridgehead atoms. The summed E-state index contributed by atoms with van der Waals surface area (Å²) in [4.78, 5) is 39.7. The molecule has 8 heteroatoms. The number of morpholine rings is 1. The van der Waals surface area contributed by atoms with Gasteiger partial charge in [0.15, 0.2) is 5.78 Å². The van der Waals surface area contributed by atoms with Gasteiger partial charge in [0.2, 0.25) is 5.91 Å². The van der Waals surface area contributed by atoms with Crippen molar-refractivity contribution in [2.75, 3.05) is 37.8 Å². The molecular formula is C22H31N3O5. The molecule has 0 radical (unpaired) electrons. The Balaban J connectivity index is 1.64.